The molecule has 0 bridgehead atoms. The lowest BCUT2D eigenvalue weighted by molar-refractivity contribution is -0.117. The topological polar surface area (TPSA) is 50.1 Å². The summed E-state index contributed by atoms with van der Waals surface area (Å²) < 4.78 is 5.67. The minimum atomic E-state index is -0.309. The van der Waals surface area contributed by atoms with E-state index in [1.54, 1.807) is 12.2 Å². The van der Waals surface area contributed by atoms with Crippen molar-refractivity contribution >= 4 is 5.78 Å². The summed E-state index contributed by atoms with van der Waals surface area (Å²) in [5.74, 6) is 0.913. The van der Waals surface area contributed by atoms with Gasteiger partial charge in [0.1, 0.15) is 12.4 Å². The molecule has 0 N–H and O–H groups in total. The fourth-order valence-electron chi connectivity index (χ4n) is 2.14. The van der Waals surface area contributed by atoms with Gasteiger partial charge in [-0.25, -0.2) is 0 Å². The highest BCUT2D eigenvalue weighted by atomic mass is 16.5. The normalized spacial score (nSPS) is 18.8. The predicted molar refractivity (Wildman–Crippen MR) is 82.0 cm³/mol. The maximum Gasteiger partial charge on any atom is 0.167 e. The van der Waals surface area contributed by atoms with Crippen molar-refractivity contribution in [2.24, 2.45) is 5.92 Å². The summed E-state index contributed by atoms with van der Waals surface area (Å²) >= 11 is 0. The van der Waals surface area contributed by atoms with E-state index in [1.807, 2.05) is 18.2 Å². The smallest absolute Gasteiger partial charge is 0.167 e. The molecule has 0 fully saturated rings. The summed E-state index contributed by atoms with van der Waals surface area (Å²) in [6.45, 7) is 4.66. The summed E-state index contributed by atoms with van der Waals surface area (Å²) in [4.78, 5) is 11.8. The first-order valence-corrected chi connectivity index (χ1v) is 7.20. The van der Waals surface area contributed by atoms with Crippen LogP contribution in [-0.4, -0.2) is 12.4 Å². The van der Waals surface area contributed by atoms with Crippen LogP contribution in [0.5, 0.6) is 5.75 Å². The molecule has 2 atom stereocenters. The lowest BCUT2D eigenvalue weighted by atomic mass is 9.96. The van der Waals surface area contributed by atoms with Gasteiger partial charge in [0.15, 0.2) is 5.78 Å². The van der Waals surface area contributed by atoms with Crippen LogP contribution in [0.25, 0.3) is 0 Å². The number of nitriles is 1. The minimum absolute atomic E-state index is 0.0784. The molecule has 1 aromatic rings. The quantitative estimate of drug-likeness (QED) is 0.825. The fraction of sp³-hybridized carbons (Fsp3) is 0.333. The van der Waals surface area contributed by atoms with Gasteiger partial charge in [0.2, 0.25) is 0 Å². The third kappa shape index (κ3) is 3.82. The average molecular weight is 281 g/mol. The van der Waals surface area contributed by atoms with Crippen molar-refractivity contribution in [3.05, 3.63) is 53.6 Å². The summed E-state index contributed by atoms with van der Waals surface area (Å²) in [7, 11) is 0. The van der Waals surface area contributed by atoms with Crippen molar-refractivity contribution in [3.63, 3.8) is 0 Å². The van der Waals surface area contributed by atoms with Crippen molar-refractivity contribution in [2.75, 3.05) is 6.61 Å². The SMILES string of the molecule is CCC(C)c1ccc(OCC2C=CC(C#N)=CC2=O)cc1. The summed E-state index contributed by atoms with van der Waals surface area (Å²) in [6.07, 6.45) is 5.88. The van der Waals surface area contributed by atoms with Gasteiger partial charge in [-0.2, -0.15) is 5.26 Å². The van der Waals surface area contributed by atoms with E-state index in [9.17, 15) is 4.79 Å². The highest BCUT2D eigenvalue weighted by Crippen LogP contribution is 2.22. The van der Waals surface area contributed by atoms with Crippen LogP contribution >= 0.6 is 0 Å². The molecule has 0 heterocycles. The second-order valence-corrected chi connectivity index (χ2v) is 5.27. The molecule has 0 spiro atoms. The average Bonchev–Trinajstić information content (AvgIpc) is 2.53. The number of carbonyl (C=O) groups excluding carboxylic acids is 1. The zero-order valence-electron chi connectivity index (χ0n) is 12.4. The third-order valence-electron chi connectivity index (χ3n) is 3.79. The Morgan fingerprint density at radius 2 is 2.05 bits per heavy atom. The van der Waals surface area contributed by atoms with E-state index in [0.717, 1.165) is 12.2 Å². The molecular formula is C18H19NO2. The van der Waals surface area contributed by atoms with Gasteiger partial charge in [-0.1, -0.05) is 32.1 Å². The summed E-state index contributed by atoms with van der Waals surface area (Å²) in [6, 6.07) is 9.97. The van der Waals surface area contributed by atoms with E-state index < -0.39 is 0 Å². The number of nitrogens with zero attached hydrogens (tertiary/aromatic N) is 1. The molecule has 0 radical (unpaired) electrons. The zero-order chi connectivity index (χ0) is 15.2. The molecular weight excluding hydrogens is 262 g/mol. The predicted octanol–water partition coefficient (Wildman–Crippen LogP) is 3.78. The van der Waals surface area contributed by atoms with Crippen molar-refractivity contribution in [2.45, 2.75) is 26.2 Å². The Labute approximate surface area is 125 Å². The number of rotatable bonds is 5. The van der Waals surface area contributed by atoms with Gasteiger partial charge in [-0.05, 0) is 42.2 Å². The van der Waals surface area contributed by atoms with E-state index in [0.29, 0.717) is 18.1 Å². The Morgan fingerprint density at radius 1 is 1.33 bits per heavy atom. The molecule has 1 aliphatic rings. The van der Waals surface area contributed by atoms with Crippen LogP contribution in [0.15, 0.2) is 48.1 Å². The molecule has 1 aliphatic carbocycles. The van der Waals surface area contributed by atoms with Gasteiger partial charge in [0, 0.05) is 0 Å². The fourth-order valence-corrected chi connectivity index (χ4v) is 2.14. The molecule has 2 unspecified atom stereocenters. The van der Waals surface area contributed by atoms with E-state index in [1.165, 1.54) is 11.6 Å². The number of carbonyl (C=O) groups is 1. The van der Waals surface area contributed by atoms with Gasteiger partial charge < -0.3 is 4.74 Å². The number of hydrogen-bond acceptors (Lipinski definition) is 3. The zero-order valence-corrected chi connectivity index (χ0v) is 12.4. The molecule has 0 amide bonds. The lowest BCUT2D eigenvalue weighted by Crippen LogP contribution is -2.20. The molecule has 108 valence electrons. The molecule has 21 heavy (non-hydrogen) atoms. The monoisotopic (exact) mass is 281 g/mol. The molecule has 2 rings (SSSR count). The Bertz CT molecular complexity index is 605. The van der Waals surface area contributed by atoms with Gasteiger partial charge in [-0.3, -0.25) is 4.79 Å². The highest BCUT2D eigenvalue weighted by Gasteiger charge is 2.18. The highest BCUT2D eigenvalue weighted by molar-refractivity contribution is 5.96. The minimum Gasteiger partial charge on any atom is -0.493 e. The third-order valence-corrected chi connectivity index (χ3v) is 3.79. The van der Waals surface area contributed by atoms with Crippen LogP contribution in [0, 0.1) is 17.2 Å². The summed E-state index contributed by atoms with van der Waals surface area (Å²) in [5, 5.41) is 8.74. The Hall–Kier alpha value is -2.34. The van der Waals surface area contributed by atoms with Gasteiger partial charge >= 0.3 is 0 Å². The van der Waals surface area contributed by atoms with E-state index in [2.05, 4.69) is 26.0 Å². The summed E-state index contributed by atoms with van der Waals surface area (Å²) in [5.41, 5.74) is 1.69. The number of hydrogen-bond donors (Lipinski definition) is 0. The van der Waals surface area contributed by atoms with Crippen molar-refractivity contribution in [1.29, 1.82) is 5.26 Å². The Balaban J connectivity index is 1.93. The first kappa shape index (κ1) is 15.1. The maximum absolute atomic E-state index is 11.8. The molecule has 1 aromatic carbocycles. The Morgan fingerprint density at radius 3 is 2.62 bits per heavy atom. The Kier molecular flexibility index (Phi) is 4.94. The maximum atomic E-state index is 11.8. The largest absolute Gasteiger partial charge is 0.493 e. The van der Waals surface area contributed by atoms with Crippen LogP contribution < -0.4 is 4.74 Å². The standard InChI is InChI=1S/C18H19NO2/c1-3-13(2)15-6-8-17(9-7-15)21-12-16-5-4-14(11-19)10-18(16)20/h4-10,13,16H,3,12H2,1-2H3. The molecule has 0 aromatic heterocycles. The van der Waals surface area contributed by atoms with Crippen molar-refractivity contribution < 1.29 is 9.53 Å². The van der Waals surface area contributed by atoms with Crippen LogP contribution in [0.1, 0.15) is 31.7 Å². The van der Waals surface area contributed by atoms with Crippen LogP contribution in [0.4, 0.5) is 0 Å². The molecule has 0 aliphatic heterocycles. The van der Waals surface area contributed by atoms with Crippen LogP contribution in [0.2, 0.25) is 0 Å². The van der Waals surface area contributed by atoms with Gasteiger partial charge in [0.05, 0.1) is 17.6 Å². The van der Waals surface area contributed by atoms with Crippen molar-refractivity contribution in [3.8, 4) is 11.8 Å². The van der Waals surface area contributed by atoms with Crippen LogP contribution in [0.3, 0.4) is 0 Å². The van der Waals surface area contributed by atoms with Crippen molar-refractivity contribution in [1.82, 2.24) is 0 Å². The van der Waals surface area contributed by atoms with E-state index >= 15 is 0 Å². The van der Waals surface area contributed by atoms with E-state index in [4.69, 9.17) is 10.00 Å². The first-order valence-electron chi connectivity index (χ1n) is 7.20. The van der Waals surface area contributed by atoms with Gasteiger partial charge in [-0.15, -0.1) is 0 Å². The van der Waals surface area contributed by atoms with Crippen LogP contribution in [-0.2, 0) is 4.79 Å². The molecule has 3 heteroatoms. The number of ether oxygens (including phenoxy) is 1. The molecule has 3 nitrogen and oxygen atoms in total. The van der Waals surface area contributed by atoms with E-state index in [-0.39, 0.29) is 11.7 Å². The second-order valence-electron chi connectivity index (χ2n) is 5.27. The van der Waals surface area contributed by atoms with Gasteiger partial charge in [0.25, 0.3) is 0 Å². The lowest BCUT2D eigenvalue weighted by Gasteiger charge is -2.15. The number of allylic oxidation sites excluding steroid dienone is 3. The first-order chi connectivity index (χ1) is 10.1. The number of benzene rings is 1. The molecule has 0 saturated carbocycles. The molecule has 0 saturated heterocycles. The second kappa shape index (κ2) is 6.90. The number of ketones is 1.